The van der Waals surface area contributed by atoms with E-state index in [1.165, 1.54) is 44.9 Å². The third-order valence-corrected chi connectivity index (χ3v) is 3.58. The Bertz CT molecular complexity index is 182. The van der Waals surface area contributed by atoms with Gasteiger partial charge < -0.3 is 10.1 Å². The van der Waals surface area contributed by atoms with E-state index in [9.17, 15) is 0 Å². The fraction of sp³-hybridized carbons (Fsp3) is 1.00. The Morgan fingerprint density at radius 2 is 1.88 bits per heavy atom. The van der Waals surface area contributed by atoms with Crippen LogP contribution in [0.2, 0.25) is 0 Å². The maximum absolute atomic E-state index is 5.77. The second-order valence-corrected chi connectivity index (χ2v) is 5.95. The summed E-state index contributed by atoms with van der Waals surface area (Å²) in [4.78, 5) is 0. The number of ether oxygens (including phenoxy) is 1. The maximum atomic E-state index is 5.77. The van der Waals surface area contributed by atoms with Crippen molar-refractivity contribution in [3.63, 3.8) is 0 Å². The molecule has 2 atom stereocenters. The van der Waals surface area contributed by atoms with Crippen LogP contribution in [0.1, 0.15) is 65.7 Å². The summed E-state index contributed by atoms with van der Waals surface area (Å²) in [7, 11) is 0. The summed E-state index contributed by atoms with van der Waals surface area (Å²) < 4.78 is 5.77. The quantitative estimate of drug-likeness (QED) is 0.621. The molecular formula is C15H31NO. The topological polar surface area (TPSA) is 21.3 Å². The third kappa shape index (κ3) is 7.77. The first-order chi connectivity index (χ1) is 8.18. The van der Waals surface area contributed by atoms with Gasteiger partial charge in [-0.05, 0) is 38.6 Å². The molecule has 0 radical (unpaired) electrons. The minimum Gasteiger partial charge on any atom is -0.374 e. The molecule has 1 rings (SSSR count). The van der Waals surface area contributed by atoms with Crippen molar-refractivity contribution in [1.82, 2.24) is 5.32 Å². The summed E-state index contributed by atoms with van der Waals surface area (Å²) in [5.41, 5.74) is 0. The highest BCUT2D eigenvalue weighted by atomic mass is 16.5. The van der Waals surface area contributed by atoms with E-state index in [4.69, 9.17) is 4.74 Å². The molecular weight excluding hydrogens is 210 g/mol. The number of unbranched alkanes of at least 4 members (excludes halogenated alkanes) is 3. The summed E-state index contributed by atoms with van der Waals surface area (Å²) in [6, 6.07) is 0. The van der Waals surface area contributed by atoms with E-state index in [-0.39, 0.29) is 0 Å². The largest absolute Gasteiger partial charge is 0.374 e. The van der Waals surface area contributed by atoms with Gasteiger partial charge in [0.15, 0.2) is 0 Å². The van der Waals surface area contributed by atoms with Crippen LogP contribution >= 0.6 is 0 Å². The minimum absolute atomic E-state index is 0.478. The fourth-order valence-electron chi connectivity index (χ4n) is 2.45. The van der Waals surface area contributed by atoms with Crippen LogP contribution < -0.4 is 5.32 Å². The lowest BCUT2D eigenvalue weighted by Crippen LogP contribution is -2.27. The Hall–Kier alpha value is -0.0800. The molecule has 1 fully saturated rings. The molecule has 2 heteroatoms. The SMILES string of the molecule is CC(C)CCCCCCNCC1CCC(C)O1. The molecule has 0 saturated carbocycles. The van der Waals surface area contributed by atoms with Crippen molar-refractivity contribution in [2.24, 2.45) is 5.92 Å². The zero-order chi connectivity index (χ0) is 12.5. The van der Waals surface area contributed by atoms with E-state index in [0.717, 1.165) is 19.0 Å². The van der Waals surface area contributed by atoms with Crippen LogP contribution in [-0.2, 0) is 4.74 Å². The summed E-state index contributed by atoms with van der Waals surface area (Å²) in [5, 5.41) is 3.52. The normalized spacial score (nSPS) is 24.7. The second kappa shape index (κ2) is 8.93. The van der Waals surface area contributed by atoms with Crippen LogP contribution in [0.4, 0.5) is 0 Å². The molecule has 0 aromatic rings. The van der Waals surface area contributed by atoms with Crippen molar-refractivity contribution >= 4 is 0 Å². The first-order valence-electron chi connectivity index (χ1n) is 7.54. The number of nitrogens with one attached hydrogen (secondary N) is 1. The van der Waals surface area contributed by atoms with Gasteiger partial charge in [0.05, 0.1) is 12.2 Å². The van der Waals surface area contributed by atoms with E-state index in [0.29, 0.717) is 12.2 Å². The first-order valence-corrected chi connectivity index (χ1v) is 7.54. The van der Waals surface area contributed by atoms with Crippen molar-refractivity contribution in [3.05, 3.63) is 0 Å². The van der Waals surface area contributed by atoms with Gasteiger partial charge in [0.25, 0.3) is 0 Å². The van der Waals surface area contributed by atoms with E-state index in [1.807, 2.05) is 0 Å². The molecule has 2 unspecified atom stereocenters. The first kappa shape index (κ1) is 15.0. The minimum atomic E-state index is 0.478. The zero-order valence-electron chi connectivity index (χ0n) is 12.0. The van der Waals surface area contributed by atoms with Gasteiger partial charge >= 0.3 is 0 Å². The highest BCUT2D eigenvalue weighted by molar-refractivity contribution is 4.72. The molecule has 1 aliphatic rings. The molecule has 0 bridgehead atoms. The summed E-state index contributed by atoms with van der Waals surface area (Å²) in [6.07, 6.45) is 10.3. The third-order valence-electron chi connectivity index (χ3n) is 3.58. The highest BCUT2D eigenvalue weighted by Gasteiger charge is 2.20. The number of hydrogen-bond donors (Lipinski definition) is 1. The van der Waals surface area contributed by atoms with Gasteiger partial charge in [-0.15, -0.1) is 0 Å². The van der Waals surface area contributed by atoms with Crippen LogP contribution in [0, 0.1) is 5.92 Å². The molecule has 0 spiro atoms. The molecule has 1 heterocycles. The molecule has 17 heavy (non-hydrogen) atoms. The van der Waals surface area contributed by atoms with Crippen molar-refractivity contribution in [2.75, 3.05) is 13.1 Å². The van der Waals surface area contributed by atoms with E-state index in [1.54, 1.807) is 0 Å². The predicted octanol–water partition coefficient (Wildman–Crippen LogP) is 3.75. The predicted molar refractivity (Wildman–Crippen MR) is 74.4 cm³/mol. The lowest BCUT2D eigenvalue weighted by molar-refractivity contribution is 0.0561. The Morgan fingerprint density at radius 3 is 2.53 bits per heavy atom. The van der Waals surface area contributed by atoms with Gasteiger partial charge in [-0.1, -0.05) is 39.5 Å². The van der Waals surface area contributed by atoms with Crippen LogP contribution in [0.15, 0.2) is 0 Å². The average Bonchev–Trinajstić information content (AvgIpc) is 2.68. The highest BCUT2D eigenvalue weighted by Crippen LogP contribution is 2.18. The van der Waals surface area contributed by atoms with Crippen LogP contribution in [0.25, 0.3) is 0 Å². The fourth-order valence-corrected chi connectivity index (χ4v) is 2.45. The molecule has 0 aromatic carbocycles. The van der Waals surface area contributed by atoms with Gasteiger partial charge in [0.1, 0.15) is 0 Å². The number of hydrogen-bond acceptors (Lipinski definition) is 2. The molecule has 2 nitrogen and oxygen atoms in total. The molecule has 0 amide bonds. The van der Waals surface area contributed by atoms with Crippen molar-refractivity contribution in [2.45, 2.75) is 77.9 Å². The van der Waals surface area contributed by atoms with E-state index in [2.05, 4.69) is 26.1 Å². The molecule has 102 valence electrons. The van der Waals surface area contributed by atoms with Crippen molar-refractivity contribution in [1.29, 1.82) is 0 Å². The van der Waals surface area contributed by atoms with Gasteiger partial charge in [-0.3, -0.25) is 0 Å². The van der Waals surface area contributed by atoms with Gasteiger partial charge in [0.2, 0.25) is 0 Å². The smallest absolute Gasteiger partial charge is 0.0704 e. The Balaban J connectivity index is 1.78. The standard InChI is InChI=1S/C15H31NO/c1-13(2)8-6-4-5-7-11-16-12-15-10-9-14(3)17-15/h13-16H,4-12H2,1-3H3. The number of rotatable bonds is 9. The van der Waals surface area contributed by atoms with E-state index < -0.39 is 0 Å². The monoisotopic (exact) mass is 241 g/mol. The van der Waals surface area contributed by atoms with E-state index >= 15 is 0 Å². The zero-order valence-corrected chi connectivity index (χ0v) is 12.0. The van der Waals surface area contributed by atoms with Gasteiger partial charge in [-0.25, -0.2) is 0 Å². The molecule has 1 saturated heterocycles. The Labute approximate surface area is 108 Å². The van der Waals surface area contributed by atoms with Gasteiger partial charge in [0, 0.05) is 6.54 Å². The molecule has 1 N–H and O–H groups in total. The summed E-state index contributed by atoms with van der Waals surface area (Å²) in [6.45, 7) is 9.01. The summed E-state index contributed by atoms with van der Waals surface area (Å²) >= 11 is 0. The van der Waals surface area contributed by atoms with Crippen LogP contribution in [0.3, 0.4) is 0 Å². The van der Waals surface area contributed by atoms with Crippen molar-refractivity contribution < 1.29 is 4.74 Å². The van der Waals surface area contributed by atoms with Crippen LogP contribution in [0.5, 0.6) is 0 Å². The van der Waals surface area contributed by atoms with Crippen LogP contribution in [-0.4, -0.2) is 25.3 Å². The van der Waals surface area contributed by atoms with Gasteiger partial charge in [-0.2, -0.15) is 0 Å². The lowest BCUT2D eigenvalue weighted by Gasteiger charge is -2.12. The van der Waals surface area contributed by atoms with Crippen molar-refractivity contribution in [3.8, 4) is 0 Å². The average molecular weight is 241 g/mol. The maximum Gasteiger partial charge on any atom is 0.0704 e. The second-order valence-electron chi connectivity index (χ2n) is 5.95. The Morgan fingerprint density at radius 1 is 1.12 bits per heavy atom. The molecule has 0 aliphatic carbocycles. The molecule has 1 aliphatic heterocycles. The lowest BCUT2D eigenvalue weighted by atomic mass is 10.0. The summed E-state index contributed by atoms with van der Waals surface area (Å²) in [5.74, 6) is 0.870. The molecule has 0 aromatic heterocycles. The Kier molecular flexibility index (Phi) is 7.87.